The second-order valence-electron chi connectivity index (χ2n) is 2.26. The van der Waals surface area contributed by atoms with Crippen LogP contribution in [0.15, 0.2) is 0 Å². The van der Waals surface area contributed by atoms with E-state index >= 15 is 0 Å². The van der Waals surface area contributed by atoms with E-state index in [-0.39, 0.29) is 13.0 Å². The summed E-state index contributed by atoms with van der Waals surface area (Å²) >= 11 is 0. The van der Waals surface area contributed by atoms with Crippen molar-refractivity contribution in [3.8, 4) is 0 Å². The highest BCUT2D eigenvalue weighted by Crippen LogP contribution is 2.19. The first-order chi connectivity index (χ1) is 4.98. The molecule has 5 heteroatoms. The van der Waals surface area contributed by atoms with Crippen LogP contribution in [0.5, 0.6) is 0 Å². The number of alkyl halides is 4. The quantitative estimate of drug-likeness (QED) is 0.505. The van der Waals surface area contributed by atoms with E-state index in [0.717, 1.165) is 6.92 Å². The van der Waals surface area contributed by atoms with Crippen molar-refractivity contribution in [3.05, 3.63) is 0 Å². The van der Waals surface area contributed by atoms with E-state index in [2.05, 4.69) is 5.32 Å². The van der Waals surface area contributed by atoms with Crippen LogP contribution in [0, 0.1) is 0 Å². The molecule has 0 aromatic rings. The van der Waals surface area contributed by atoms with Gasteiger partial charge in [0.15, 0.2) is 0 Å². The zero-order chi connectivity index (χ0) is 8.91. The smallest absolute Gasteiger partial charge is 0.306 e. The molecule has 0 rings (SSSR count). The molecule has 1 N–H and O–H groups in total. The second-order valence-corrected chi connectivity index (χ2v) is 2.26. The van der Waals surface area contributed by atoms with Gasteiger partial charge in [0.25, 0.3) is 0 Å². The summed E-state index contributed by atoms with van der Waals surface area (Å²) in [5.41, 5.74) is 0. The van der Waals surface area contributed by atoms with Crippen LogP contribution >= 0.6 is 0 Å². The molecule has 11 heavy (non-hydrogen) atoms. The number of hydrogen-bond acceptors (Lipinski definition) is 1. The Labute approximate surface area is 62.8 Å². The van der Waals surface area contributed by atoms with Crippen molar-refractivity contribution in [2.75, 3.05) is 13.2 Å². The van der Waals surface area contributed by atoms with Crippen LogP contribution in [-0.2, 0) is 0 Å². The van der Waals surface area contributed by atoms with Gasteiger partial charge in [-0.1, -0.05) is 0 Å². The first kappa shape index (κ1) is 10.7. The Morgan fingerprint density at radius 1 is 1.36 bits per heavy atom. The molecule has 0 saturated carbocycles. The number of halogens is 4. The van der Waals surface area contributed by atoms with E-state index in [0.29, 0.717) is 0 Å². The van der Waals surface area contributed by atoms with Crippen molar-refractivity contribution < 1.29 is 17.6 Å². The molecule has 0 heterocycles. The van der Waals surface area contributed by atoms with E-state index in [9.17, 15) is 17.6 Å². The van der Waals surface area contributed by atoms with Crippen LogP contribution in [0.1, 0.15) is 13.3 Å². The number of nitrogens with one attached hydrogen (secondary N) is 1. The minimum absolute atomic E-state index is 0.0666. The number of hydrogen-bond donors (Lipinski definition) is 1. The van der Waals surface area contributed by atoms with Gasteiger partial charge in [-0.2, -0.15) is 13.2 Å². The fraction of sp³-hybridized carbons (Fsp3) is 1.00. The summed E-state index contributed by atoms with van der Waals surface area (Å²) in [6.45, 7) is 0.493. The summed E-state index contributed by atoms with van der Waals surface area (Å²) in [6.07, 6.45) is -4.10. The van der Waals surface area contributed by atoms with Gasteiger partial charge in [0.2, 0.25) is 0 Å². The standard InChI is InChI=1S/C6H11F4N/c1-5(6(8,9)10)11-4-2-3-7/h5,11H,2-4H2,1H3. The molecular weight excluding hydrogens is 162 g/mol. The average molecular weight is 173 g/mol. The molecule has 1 nitrogen and oxygen atoms in total. The van der Waals surface area contributed by atoms with Gasteiger partial charge in [-0.25, -0.2) is 0 Å². The fourth-order valence-corrected chi connectivity index (χ4v) is 0.501. The highest BCUT2D eigenvalue weighted by Gasteiger charge is 2.35. The van der Waals surface area contributed by atoms with E-state index < -0.39 is 18.9 Å². The Balaban J connectivity index is 3.44. The van der Waals surface area contributed by atoms with Crippen LogP contribution < -0.4 is 5.32 Å². The van der Waals surface area contributed by atoms with Crippen molar-refractivity contribution in [2.45, 2.75) is 25.6 Å². The summed E-state index contributed by atoms with van der Waals surface area (Å²) < 4.78 is 46.6. The third-order valence-corrected chi connectivity index (χ3v) is 1.25. The summed E-state index contributed by atoms with van der Waals surface area (Å²) in [6, 6.07) is -1.55. The van der Waals surface area contributed by atoms with Gasteiger partial charge >= 0.3 is 6.18 Å². The third kappa shape index (κ3) is 5.01. The van der Waals surface area contributed by atoms with Crippen LogP contribution in [0.3, 0.4) is 0 Å². The summed E-state index contributed by atoms with van der Waals surface area (Å²) in [5, 5.41) is 2.16. The predicted molar refractivity (Wildman–Crippen MR) is 34.1 cm³/mol. The first-order valence-corrected chi connectivity index (χ1v) is 3.34. The maximum atomic E-state index is 11.7. The molecule has 0 aliphatic heterocycles. The summed E-state index contributed by atoms with van der Waals surface area (Å²) in [7, 11) is 0. The van der Waals surface area contributed by atoms with Gasteiger partial charge in [-0.3, -0.25) is 4.39 Å². The molecule has 1 atom stereocenters. The Bertz CT molecular complexity index is 101. The lowest BCUT2D eigenvalue weighted by Crippen LogP contribution is -2.40. The lowest BCUT2D eigenvalue weighted by atomic mass is 10.3. The van der Waals surface area contributed by atoms with Gasteiger partial charge in [0.05, 0.1) is 6.67 Å². The fourth-order valence-electron chi connectivity index (χ4n) is 0.501. The largest absolute Gasteiger partial charge is 0.403 e. The highest BCUT2D eigenvalue weighted by molar-refractivity contribution is 4.68. The van der Waals surface area contributed by atoms with Crippen LogP contribution in [-0.4, -0.2) is 25.4 Å². The molecule has 0 aliphatic rings. The molecule has 0 radical (unpaired) electrons. The van der Waals surface area contributed by atoms with Crippen LogP contribution in [0.25, 0.3) is 0 Å². The average Bonchev–Trinajstić information content (AvgIpc) is 1.86. The molecule has 68 valence electrons. The molecule has 0 bridgehead atoms. The number of rotatable bonds is 4. The SMILES string of the molecule is CC(NCCCF)C(F)(F)F. The third-order valence-electron chi connectivity index (χ3n) is 1.25. The van der Waals surface area contributed by atoms with Gasteiger partial charge in [0, 0.05) is 0 Å². The Kier molecular flexibility index (Phi) is 4.40. The Hall–Kier alpha value is -0.320. The lowest BCUT2D eigenvalue weighted by molar-refractivity contribution is -0.151. The van der Waals surface area contributed by atoms with E-state index in [1.165, 1.54) is 0 Å². The van der Waals surface area contributed by atoms with Gasteiger partial charge in [-0.05, 0) is 19.9 Å². The van der Waals surface area contributed by atoms with E-state index in [1.54, 1.807) is 0 Å². The minimum Gasteiger partial charge on any atom is -0.306 e. The summed E-state index contributed by atoms with van der Waals surface area (Å²) in [5.74, 6) is 0. The zero-order valence-corrected chi connectivity index (χ0v) is 6.21. The lowest BCUT2D eigenvalue weighted by Gasteiger charge is -2.16. The van der Waals surface area contributed by atoms with E-state index in [1.807, 2.05) is 0 Å². The topological polar surface area (TPSA) is 12.0 Å². The van der Waals surface area contributed by atoms with Crippen molar-refractivity contribution in [1.82, 2.24) is 5.32 Å². The van der Waals surface area contributed by atoms with Gasteiger partial charge in [-0.15, -0.1) is 0 Å². The monoisotopic (exact) mass is 173 g/mol. The highest BCUT2D eigenvalue weighted by atomic mass is 19.4. The molecule has 1 unspecified atom stereocenters. The molecule has 0 amide bonds. The molecule has 0 aromatic heterocycles. The first-order valence-electron chi connectivity index (χ1n) is 3.34. The predicted octanol–water partition coefficient (Wildman–Crippen LogP) is 1.89. The van der Waals surface area contributed by atoms with Crippen LogP contribution in [0.4, 0.5) is 17.6 Å². The molecule has 0 saturated heterocycles. The Morgan fingerprint density at radius 3 is 2.27 bits per heavy atom. The normalized spacial score (nSPS) is 15.0. The van der Waals surface area contributed by atoms with E-state index in [4.69, 9.17) is 0 Å². The molecule has 0 aromatic carbocycles. The van der Waals surface area contributed by atoms with Crippen molar-refractivity contribution >= 4 is 0 Å². The Morgan fingerprint density at radius 2 is 1.91 bits per heavy atom. The summed E-state index contributed by atoms with van der Waals surface area (Å²) in [4.78, 5) is 0. The second kappa shape index (κ2) is 4.54. The maximum Gasteiger partial charge on any atom is 0.403 e. The van der Waals surface area contributed by atoms with Crippen molar-refractivity contribution in [1.29, 1.82) is 0 Å². The molecule has 0 fully saturated rings. The minimum atomic E-state index is -4.23. The molecular formula is C6H11F4N. The van der Waals surface area contributed by atoms with Crippen molar-refractivity contribution in [3.63, 3.8) is 0 Å². The van der Waals surface area contributed by atoms with Gasteiger partial charge in [0.1, 0.15) is 6.04 Å². The molecule has 0 aliphatic carbocycles. The van der Waals surface area contributed by atoms with Crippen LogP contribution in [0.2, 0.25) is 0 Å². The maximum absolute atomic E-state index is 11.7. The van der Waals surface area contributed by atoms with Gasteiger partial charge < -0.3 is 5.32 Å². The zero-order valence-electron chi connectivity index (χ0n) is 6.21. The molecule has 0 spiro atoms. The van der Waals surface area contributed by atoms with Crippen molar-refractivity contribution in [2.24, 2.45) is 0 Å².